The Morgan fingerprint density at radius 2 is 1.86 bits per heavy atom. The van der Waals surface area contributed by atoms with Gasteiger partial charge in [-0.05, 0) is 18.1 Å². The van der Waals surface area contributed by atoms with Crippen molar-refractivity contribution in [3.63, 3.8) is 0 Å². The average molecular weight is 316 g/mol. The molecule has 1 saturated heterocycles. The minimum atomic E-state index is -4.86. The predicted octanol–water partition coefficient (Wildman–Crippen LogP) is 2.26. The Labute approximate surface area is 127 Å². The highest BCUT2D eigenvalue weighted by Crippen LogP contribution is 2.19. The number of hydrogen-bond donors (Lipinski definition) is 1. The van der Waals surface area contributed by atoms with Crippen LogP contribution in [0.3, 0.4) is 0 Å². The molecule has 1 aromatic carbocycles. The van der Waals surface area contributed by atoms with Crippen molar-refractivity contribution in [3.8, 4) is 0 Å². The summed E-state index contributed by atoms with van der Waals surface area (Å²) in [7, 11) is 0. The van der Waals surface area contributed by atoms with Crippen molar-refractivity contribution in [1.29, 1.82) is 0 Å². The van der Waals surface area contributed by atoms with Gasteiger partial charge in [0.05, 0.1) is 19.3 Å². The third-order valence-corrected chi connectivity index (χ3v) is 3.59. The van der Waals surface area contributed by atoms with E-state index in [0.717, 1.165) is 38.4 Å². The quantitative estimate of drug-likeness (QED) is 0.926. The molecule has 0 radical (unpaired) electrons. The van der Waals surface area contributed by atoms with E-state index in [1.54, 1.807) is 12.1 Å². The first kappa shape index (κ1) is 16.8. The first-order chi connectivity index (χ1) is 10.4. The second-order valence-corrected chi connectivity index (χ2v) is 5.32. The first-order valence-corrected chi connectivity index (χ1v) is 7.13. The third kappa shape index (κ3) is 4.71. The maximum Gasteiger partial charge on any atom is 0.471 e. The fraction of sp³-hybridized carbons (Fsp3) is 0.533. The van der Waals surface area contributed by atoms with Crippen molar-refractivity contribution >= 4 is 5.91 Å². The SMILES string of the molecule is CC(NC(=O)C(F)(F)F)c1ccc(CN2CCOCC2)cc1. The van der Waals surface area contributed by atoms with Crippen molar-refractivity contribution in [2.24, 2.45) is 0 Å². The van der Waals surface area contributed by atoms with E-state index < -0.39 is 18.1 Å². The molecule has 1 N–H and O–H groups in total. The molecular formula is C15H19F3N2O2. The van der Waals surface area contributed by atoms with Crippen molar-refractivity contribution < 1.29 is 22.7 Å². The summed E-state index contributed by atoms with van der Waals surface area (Å²) < 4.78 is 41.9. The zero-order valence-electron chi connectivity index (χ0n) is 12.3. The van der Waals surface area contributed by atoms with Gasteiger partial charge in [-0.1, -0.05) is 24.3 Å². The summed E-state index contributed by atoms with van der Waals surface area (Å²) in [5.41, 5.74) is 1.73. The molecule has 0 bridgehead atoms. The molecule has 4 nitrogen and oxygen atoms in total. The summed E-state index contributed by atoms with van der Waals surface area (Å²) >= 11 is 0. The van der Waals surface area contributed by atoms with E-state index in [4.69, 9.17) is 4.74 Å². The lowest BCUT2D eigenvalue weighted by molar-refractivity contribution is -0.174. The molecule has 0 aromatic heterocycles. The van der Waals surface area contributed by atoms with Crippen molar-refractivity contribution in [3.05, 3.63) is 35.4 Å². The van der Waals surface area contributed by atoms with Crippen LogP contribution in [-0.4, -0.2) is 43.3 Å². The van der Waals surface area contributed by atoms with Gasteiger partial charge in [0.2, 0.25) is 0 Å². The van der Waals surface area contributed by atoms with Crippen LogP contribution in [0.2, 0.25) is 0 Å². The molecule has 1 aliphatic heterocycles. The molecule has 1 aliphatic rings. The smallest absolute Gasteiger partial charge is 0.379 e. The van der Waals surface area contributed by atoms with Crippen LogP contribution >= 0.6 is 0 Å². The molecule has 1 heterocycles. The highest BCUT2D eigenvalue weighted by molar-refractivity contribution is 5.82. The molecule has 1 fully saturated rings. The molecule has 7 heteroatoms. The van der Waals surface area contributed by atoms with Gasteiger partial charge in [-0.2, -0.15) is 13.2 Å². The zero-order chi connectivity index (χ0) is 16.2. The van der Waals surface area contributed by atoms with Gasteiger partial charge in [-0.25, -0.2) is 0 Å². The predicted molar refractivity (Wildman–Crippen MR) is 75.2 cm³/mol. The number of carbonyl (C=O) groups excluding carboxylic acids is 1. The van der Waals surface area contributed by atoms with E-state index in [1.165, 1.54) is 6.92 Å². The van der Waals surface area contributed by atoms with Gasteiger partial charge in [0.25, 0.3) is 0 Å². The lowest BCUT2D eigenvalue weighted by Crippen LogP contribution is -2.38. The molecule has 0 spiro atoms. The molecule has 1 amide bonds. The Kier molecular flexibility index (Phi) is 5.42. The van der Waals surface area contributed by atoms with E-state index >= 15 is 0 Å². The topological polar surface area (TPSA) is 41.6 Å². The number of hydrogen-bond acceptors (Lipinski definition) is 3. The number of benzene rings is 1. The monoisotopic (exact) mass is 316 g/mol. The lowest BCUT2D eigenvalue weighted by Gasteiger charge is -2.26. The average Bonchev–Trinajstić information content (AvgIpc) is 2.48. The van der Waals surface area contributed by atoms with Crippen LogP contribution in [0.4, 0.5) is 13.2 Å². The van der Waals surface area contributed by atoms with Crippen LogP contribution in [0.5, 0.6) is 0 Å². The highest BCUT2D eigenvalue weighted by Gasteiger charge is 2.39. The minimum absolute atomic E-state index is 0.642. The second-order valence-electron chi connectivity index (χ2n) is 5.32. The maximum absolute atomic E-state index is 12.2. The highest BCUT2D eigenvalue weighted by atomic mass is 19.4. The Balaban J connectivity index is 1.91. The maximum atomic E-state index is 12.2. The molecule has 122 valence electrons. The van der Waals surface area contributed by atoms with Gasteiger partial charge in [0.1, 0.15) is 0 Å². The number of nitrogens with zero attached hydrogens (tertiary/aromatic N) is 1. The molecule has 2 rings (SSSR count). The van der Waals surface area contributed by atoms with E-state index in [2.05, 4.69) is 4.90 Å². The molecule has 22 heavy (non-hydrogen) atoms. The standard InChI is InChI=1S/C15H19F3N2O2/c1-11(19-14(21)15(16,17)18)13-4-2-12(3-5-13)10-20-6-8-22-9-7-20/h2-5,11H,6-10H2,1H3,(H,19,21). The number of alkyl halides is 3. The Morgan fingerprint density at radius 1 is 1.27 bits per heavy atom. The molecule has 0 aliphatic carbocycles. The van der Waals surface area contributed by atoms with Crippen molar-refractivity contribution in [2.75, 3.05) is 26.3 Å². The number of carbonyl (C=O) groups is 1. The van der Waals surface area contributed by atoms with Gasteiger partial charge in [-0.15, -0.1) is 0 Å². The summed E-state index contributed by atoms with van der Waals surface area (Å²) in [6, 6.07) is 6.56. The van der Waals surface area contributed by atoms with Crippen LogP contribution < -0.4 is 5.32 Å². The number of morpholine rings is 1. The zero-order valence-corrected chi connectivity index (χ0v) is 12.3. The largest absolute Gasteiger partial charge is 0.471 e. The van der Waals surface area contributed by atoms with E-state index in [0.29, 0.717) is 5.56 Å². The third-order valence-electron chi connectivity index (χ3n) is 3.59. The van der Waals surface area contributed by atoms with Gasteiger partial charge in [0, 0.05) is 19.6 Å². The Hall–Kier alpha value is -1.60. The Bertz CT molecular complexity index is 497. The van der Waals surface area contributed by atoms with Crippen LogP contribution in [0, 0.1) is 0 Å². The molecule has 1 unspecified atom stereocenters. The van der Waals surface area contributed by atoms with Crippen LogP contribution in [0.25, 0.3) is 0 Å². The van der Waals surface area contributed by atoms with E-state index in [1.807, 2.05) is 17.4 Å². The number of halogens is 3. The summed E-state index contributed by atoms with van der Waals surface area (Å²) in [6.07, 6.45) is -4.86. The van der Waals surface area contributed by atoms with Crippen LogP contribution in [-0.2, 0) is 16.1 Å². The number of rotatable bonds is 4. The second kappa shape index (κ2) is 7.11. The number of amides is 1. The normalized spacial score (nSPS) is 18.0. The molecular weight excluding hydrogens is 297 g/mol. The molecule has 1 atom stereocenters. The molecule has 0 saturated carbocycles. The minimum Gasteiger partial charge on any atom is -0.379 e. The van der Waals surface area contributed by atoms with Crippen LogP contribution in [0.1, 0.15) is 24.1 Å². The Morgan fingerprint density at radius 3 is 2.41 bits per heavy atom. The first-order valence-electron chi connectivity index (χ1n) is 7.13. The van der Waals surface area contributed by atoms with Gasteiger partial charge in [0.15, 0.2) is 0 Å². The fourth-order valence-electron chi connectivity index (χ4n) is 2.29. The fourth-order valence-corrected chi connectivity index (χ4v) is 2.29. The number of ether oxygens (including phenoxy) is 1. The van der Waals surface area contributed by atoms with Gasteiger partial charge < -0.3 is 10.1 Å². The van der Waals surface area contributed by atoms with E-state index in [-0.39, 0.29) is 0 Å². The summed E-state index contributed by atoms with van der Waals surface area (Å²) in [5, 5.41) is 1.95. The number of nitrogens with one attached hydrogen (secondary N) is 1. The van der Waals surface area contributed by atoms with Crippen LogP contribution in [0.15, 0.2) is 24.3 Å². The van der Waals surface area contributed by atoms with Crippen molar-refractivity contribution in [2.45, 2.75) is 25.7 Å². The molecule has 1 aromatic rings. The summed E-state index contributed by atoms with van der Waals surface area (Å²) in [6.45, 7) is 5.50. The lowest BCUT2D eigenvalue weighted by atomic mass is 10.1. The summed E-state index contributed by atoms with van der Waals surface area (Å²) in [5.74, 6) is -1.92. The van der Waals surface area contributed by atoms with Crippen molar-refractivity contribution in [1.82, 2.24) is 10.2 Å². The van der Waals surface area contributed by atoms with Gasteiger partial charge in [-0.3, -0.25) is 9.69 Å². The summed E-state index contributed by atoms with van der Waals surface area (Å²) in [4.78, 5) is 13.2. The van der Waals surface area contributed by atoms with E-state index in [9.17, 15) is 18.0 Å². The van der Waals surface area contributed by atoms with Gasteiger partial charge >= 0.3 is 12.1 Å².